The zero-order valence-corrected chi connectivity index (χ0v) is 23.0. The molecule has 0 aliphatic carbocycles. The third-order valence-electron chi connectivity index (χ3n) is 6.94. The standard InChI is InChI=1S/C29H24ClF4N3O3S/c30-21-6-3-19(4-7-21)24(15-18-1-8-22(31)9-2-18)20-5-10-26-25(16-20)27(17-28(38)36-26)35-23-11-13-37(14-12-23)41(39,40)29(32,33)34/h1-10,15-17,23H,11-14H2,(H2,35,36,38)/b24-15-. The molecule has 214 valence electrons. The molecule has 0 bridgehead atoms. The Kier molecular flexibility index (Phi) is 7.95. The Morgan fingerprint density at radius 2 is 1.59 bits per heavy atom. The van der Waals surface area contributed by atoms with Crippen LogP contribution in [0.4, 0.5) is 23.2 Å². The van der Waals surface area contributed by atoms with Crippen LogP contribution in [0, 0.1) is 5.82 Å². The third kappa shape index (κ3) is 6.32. The molecule has 5 rings (SSSR count). The predicted molar refractivity (Wildman–Crippen MR) is 153 cm³/mol. The highest BCUT2D eigenvalue weighted by molar-refractivity contribution is 7.90. The molecule has 0 unspecified atom stereocenters. The Morgan fingerprint density at radius 3 is 2.22 bits per heavy atom. The predicted octanol–water partition coefficient (Wildman–Crippen LogP) is 6.64. The smallest absolute Gasteiger partial charge is 0.382 e. The van der Waals surface area contributed by atoms with Gasteiger partial charge in [0.25, 0.3) is 0 Å². The van der Waals surface area contributed by atoms with Crippen LogP contribution >= 0.6 is 11.6 Å². The highest BCUT2D eigenvalue weighted by Crippen LogP contribution is 2.33. The maximum Gasteiger partial charge on any atom is 0.511 e. The maximum absolute atomic E-state index is 13.5. The number of halogens is 5. The van der Waals surface area contributed by atoms with Crippen LogP contribution in [0.2, 0.25) is 5.02 Å². The molecule has 1 fully saturated rings. The fraction of sp³-hybridized carbons (Fsp3) is 0.207. The van der Waals surface area contributed by atoms with E-state index in [2.05, 4.69) is 10.3 Å². The van der Waals surface area contributed by atoms with Crippen LogP contribution in [-0.2, 0) is 10.0 Å². The normalized spacial score (nSPS) is 15.8. The first-order valence-electron chi connectivity index (χ1n) is 12.6. The van der Waals surface area contributed by atoms with Crippen LogP contribution in [0.3, 0.4) is 0 Å². The van der Waals surface area contributed by atoms with Crippen LogP contribution in [0.15, 0.2) is 77.6 Å². The molecule has 12 heteroatoms. The van der Waals surface area contributed by atoms with E-state index in [0.29, 0.717) is 25.9 Å². The molecule has 1 aliphatic rings. The summed E-state index contributed by atoms with van der Waals surface area (Å²) in [4.78, 5) is 15.2. The van der Waals surface area contributed by atoms with Crippen molar-refractivity contribution in [1.82, 2.24) is 9.29 Å². The van der Waals surface area contributed by atoms with Gasteiger partial charge in [-0.3, -0.25) is 4.79 Å². The fourth-order valence-electron chi connectivity index (χ4n) is 4.84. The number of anilines is 1. The Bertz CT molecular complexity index is 1760. The van der Waals surface area contributed by atoms with Gasteiger partial charge in [0.05, 0.1) is 5.52 Å². The van der Waals surface area contributed by atoms with Gasteiger partial charge in [0.15, 0.2) is 0 Å². The van der Waals surface area contributed by atoms with Crippen molar-refractivity contribution in [3.63, 3.8) is 0 Å². The molecule has 2 N–H and O–H groups in total. The van der Waals surface area contributed by atoms with Gasteiger partial charge in [0, 0.05) is 41.3 Å². The lowest BCUT2D eigenvalue weighted by molar-refractivity contribution is -0.0494. The molecule has 0 saturated carbocycles. The van der Waals surface area contributed by atoms with E-state index in [-0.39, 0.29) is 43.3 Å². The molecule has 0 atom stereocenters. The van der Waals surface area contributed by atoms with Gasteiger partial charge in [-0.2, -0.15) is 17.5 Å². The minimum Gasteiger partial charge on any atom is -0.382 e. The number of hydrogen-bond donors (Lipinski definition) is 2. The molecule has 6 nitrogen and oxygen atoms in total. The Morgan fingerprint density at radius 1 is 0.951 bits per heavy atom. The summed E-state index contributed by atoms with van der Waals surface area (Å²) in [5.74, 6) is -0.359. The summed E-state index contributed by atoms with van der Waals surface area (Å²) < 4.78 is 76.4. The lowest BCUT2D eigenvalue weighted by atomic mass is 9.94. The summed E-state index contributed by atoms with van der Waals surface area (Å²) in [6, 6.07) is 19.8. The molecule has 2 heterocycles. The van der Waals surface area contributed by atoms with Gasteiger partial charge < -0.3 is 10.3 Å². The quantitative estimate of drug-likeness (QED) is 0.191. The van der Waals surface area contributed by atoms with E-state index in [1.807, 2.05) is 30.3 Å². The second kappa shape index (κ2) is 11.3. The van der Waals surface area contributed by atoms with Crippen molar-refractivity contribution in [3.05, 3.63) is 111 Å². The van der Waals surface area contributed by atoms with Gasteiger partial charge in [-0.1, -0.05) is 41.9 Å². The van der Waals surface area contributed by atoms with Crippen LogP contribution < -0.4 is 10.9 Å². The number of piperidine rings is 1. The first-order valence-corrected chi connectivity index (χ1v) is 14.5. The first-order chi connectivity index (χ1) is 19.4. The van der Waals surface area contributed by atoms with Crippen molar-refractivity contribution in [2.24, 2.45) is 0 Å². The summed E-state index contributed by atoms with van der Waals surface area (Å²) in [6.45, 7) is -0.597. The number of rotatable bonds is 6. The molecule has 3 aromatic carbocycles. The van der Waals surface area contributed by atoms with E-state index in [9.17, 15) is 30.8 Å². The zero-order valence-electron chi connectivity index (χ0n) is 21.4. The Balaban J connectivity index is 1.50. The van der Waals surface area contributed by atoms with Gasteiger partial charge in [0.1, 0.15) is 5.82 Å². The van der Waals surface area contributed by atoms with E-state index < -0.39 is 15.5 Å². The van der Waals surface area contributed by atoms with Gasteiger partial charge in [-0.05, 0) is 77.6 Å². The minimum absolute atomic E-state index is 0.129. The summed E-state index contributed by atoms with van der Waals surface area (Å²) in [5, 5.41) is 4.46. The topological polar surface area (TPSA) is 82.3 Å². The van der Waals surface area contributed by atoms with E-state index in [1.165, 1.54) is 18.2 Å². The number of aromatic nitrogens is 1. The molecular formula is C29H24ClF4N3O3S. The first kappa shape index (κ1) is 28.8. The van der Waals surface area contributed by atoms with Gasteiger partial charge >= 0.3 is 15.5 Å². The number of pyridine rings is 1. The number of nitrogens with zero attached hydrogens (tertiary/aromatic N) is 1. The molecule has 1 aromatic heterocycles. The fourth-order valence-corrected chi connectivity index (χ4v) is 5.95. The number of sulfonamides is 1. The summed E-state index contributed by atoms with van der Waals surface area (Å²) >= 11 is 6.11. The third-order valence-corrected chi connectivity index (χ3v) is 8.82. The van der Waals surface area contributed by atoms with Crippen LogP contribution in [0.1, 0.15) is 29.5 Å². The number of alkyl halides is 3. The average molecular weight is 606 g/mol. The van der Waals surface area contributed by atoms with Crippen molar-refractivity contribution >= 4 is 49.9 Å². The van der Waals surface area contributed by atoms with E-state index in [1.54, 1.807) is 30.3 Å². The van der Waals surface area contributed by atoms with E-state index >= 15 is 0 Å². The number of H-pyrrole nitrogens is 1. The SMILES string of the molecule is O=c1cc(NC2CCN(S(=O)(=O)C(F)(F)F)CC2)c2cc(/C(=C\c3ccc(F)cc3)c3ccc(Cl)cc3)ccc2[nH]1. The molecule has 1 saturated heterocycles. The van der Waals surface area contributed by atoms with Crippen LogP contribution in [-0.4, -0.2) is 42.3 Å². The molecular weight excluding hydrogens is 582 g/mol. The van der Waals surface area contributed by atoms with Crippen molar-refractivity contribution in [3.8, 4) is 0 Å². The largest absolute Gasteiger partial charge is 0.511 e. The highest BCUT2D eigenvalue weighted by atomic mass is 35.5. The van der Waals surface area contributed by atoms with Crippen molar-refractivity contribution < 1.29 is 26.0 Å². The monoisotopic (exact) mass is 605 g/mol. The average Bonchev–Trinajstić information content (AvgIpc) is 2.93. The van der Waals surface area contributed by atoms with Gasteiger partial charge in [-0.15, -0.1) is 0 Å². The summed E-state index contributed by atoms with van der Waals surface area (Å²) in [6.07, 6.45) is 2.16. The number of benzene rings is 3. The number of nitrogens with one attached hydrogen (secondary N) is 2. The lowest BCUT2D eigenvalue weighted by Crippen LogP contribution is -2.47. The van der Waals surface area contributed by atoms with Crippen molar-refractivity contribution in [2.45, 2.75) is 24.4 Å². The number of aromatic amines is 1. The minimum atomic E-state index is -5.39. The van der Waals surface area contributed by atoms with Crippen molar-refractivity contribution in [1.29, 1.82) is 0 Å². The van der Waals surface area contributed by atoms with Gasteiger partial charge in [0.2, 0.25) is 5.56 Å². The van der Waals surface area contributed by atoms with Crippen LogP contribution in [0.25, 0.3) is 22.6 Å². The number of fused-ring (bicyclic) bond motifs is 1. The zero-order chi connectivity index (χ0) is 29.4. The molecule has 4 aromatic rings. The molecule has 0 amide bonds. The Hall–Kier alpha value is -3.67. The van der Waals surface area contributed by atoms with Crippen LogP contribution in [0.5, 0.6) is 0 Å². The lowest BCUT2D eigenvalue weighted by Gasteiger charge is -2.32. The highest BCUT2D eigenvalue weighted by Gasteiger charge is 2.50. The maximum atomic E-state index is 13.5. The van der Waals surface area contributed by atoms with E-state index in [4.69, 9.17) is 11.6 Å². The molecule has 41 heavy (non-hydrogen) atoms. The molecule has 1 aliphatic heterocycles. The van der Waals surface area contributed by atoms with Gasteiger partial charge in [-0.25, -0.2) is 12.8 Å². The second-order valence-corrected chi connectivity index (χ2v) is 12.1. The Labute approximate surface area is 238 Å². The number of hydrogen-bond acceptors (Lipinski definition) is 4. The second-order valence-electron chi connectivity index (χ2n) is 9.69. The summed E-state index contributed by atoms with van der Waals surface area (Å²) in [5.41, 5.74) is -1.52. The van der Waals surface area contributed by atoms with Crippen molar-refractivity contribution in [2.75, 3.05) is 18.4 Å². The summed E-state index contributed by atoms with van der Waals surface area (Å²) in [7, 11) is -5.39. The van der Waals surface area contributed by atoms with E-state index in [0.717, 1.165) is 22.3 Å². The molecule has 0 radical (unpaired) electrons. The molecule has 0 spiro atoms.